The quantitative estimate of drug-likeness (QED) is 0.908. The molecule has 3 nitrogen and oxygen atoms in total. The average Bonchev–Trinajstić information content (AvgIpc) is 2.38. The van der Waals surface area contributed by atoms with Crippen LogP contribution < -0.4 is 11.3 Å². The molecule has 0 amide bonds. The van der Waals surface area contributed by atoms with Crippen LogP contribution in [0, 0.1) is 0 Å². The van der Waals surface area contributed by atoms with Crippen molar-refractivity contribution in [2.45, 2.75) is 12.7 Å². The van der Waals surface area contributed by atoms with Gasteiger partial charge in [0.15, 0.2) is 0 Å². The molecule has 2 aromatic rings. The highest BCUT2D eigenvalue weighted by Crippen LogP contribution is 2.28. The first-order chi connectivity index (χ1) is 8.93. The highest BCUT2D eigenvalue weighted by molar-refractivity contribution is 5.41. The zero-order valence-electron chi connectivity index (χ0n) is 9.82. The number of para-hydroxylation sites is 1. The summed E-state index contributed by atoms with van der Waals surface area (Å²) in [6, 6.07) is 8.25. The van der Waals surface area contributed by atoms with Crippen molar-refractivity contribution in [2.24, 2.45) is 5.73 Å². The summed E-state index contributed by atoms with van der Waals surface area (Å²) in [5, 5.41) is 0. The number of nitrogens with two attached hydrogens (primary N) is 1. The van der Waals surface area contributed by atoms with Crippen LogP contribution in [-0.2, 0) is 12.7 Å². The molecule has 1 heterocycles. The molecule has 6 heteroatoms. The molecule has 0 saturated heterocycles. The van der Waals surface area contributed by atoms with Gasteiger partial charge in [-0.05, 0) is 17.7 Å². The van der Waals surface area contributed by atoms with E-state index < -0.39 is 17.3 Å². The van der Waals surface area contributed by atoms with E-state index in [-0.39, 0.29) is 6.54 Å². The fourth-order valence-corrected chi connectivity index (χ4v) is 1.76. The van der Waals surface area contributed by atoms with Crippen LogP contribution in [0.15, 0.2) is 47.4 Å². The van der Waals surface area contributed by atoms with Crippen molar-refractivity contribution in [1.82, 2.24) is 4.57 Å². The third-order valence-electron chi connectivity index (χ3n) is 2.71. The highest BCUT2D eigenvalue weighted by atomic mass is 19.4. The van der Waals surface area contributed by atoms with E-state index in [0.717, 1.165) is 22.9 Å². The molecule has 0 saturated carbocycles. The lowest BCUT2D eigenvalue weighted by atomic mass is 10.1. The SMILES string of the molecule is NCc1ccccc1-n1cc(C(F)(F)F)ccc1=O. The minimum atomic E-state index is -4.49. The molecular weight excluding hydrogens is 257 g/mol. The van der Waals surface area contributed by atoms with E-state index in [0.29, 0.717) is 11.3 Å². The number of hydrogen-bond donors (Lipinski definition) is 1. The van der Waals surface area contributed by atoms with Crippen molar-refractivity contribution < 1.29 is 13.2 Å². The third kappa shape index (κ3) is 2.68. The van der Waals surface area contributed by atoms with Gasteiger partial charge in [-0.3, -0.25) is 9.36 Å². The molecule has 100 valence electrons. The van der Waals surface area contributed by atoms with E-state index in [1.54, 1.807) is 24.3 Å². The van der Waals surface area contributed by atoms with E-state index in [9.17, 15) is 18.0 Å². The number of halogens is 3. The minimum absolute atomic E-state index is 0.138. The second-order valence-corrected chi connectivity index (χ2v) is 3.96. The zero-order chi connectivity index (χ0) is 14.0. The van der Waals surface area contributed by atoms with Crippen molar-refractivity contribution in [3.05, 3.63) is 64.1 Å². The molecule has 0 atom stereocenters. The molecule has 2 N–H and O–H groups in total. The van der Waals surface area contributed by atoms with Crippen LogP contribution in [0.2, 0.25) is 0 Å². The van der Waals surface area contributed by atoms with Crippen LogP contribution in [0.3, 0.4) is 0 Å². The van der Waals surface area contributed by atoms with Crippen molar-refractivity contribution in [1.29, 1.82) is 0 Å². The van der Waals surface area contributed by atoms with E-state index in [1.165, 1.54) is 0 Å². The molecule has 2 rings (SSSR count). The van der Waals surface area contributed by atoms with Gasteiger partial charge in [0.1, 0.15) is 0 Å². The topological polar surface area (TPSA) is 48.0 Å². The molecule has 0 radical (unpaired) electrons. The first-order valence-corrected chi connectivity index (χ1v) is 5.51. The Morgan fingerprint density at radius 3 is 2.42 bits per heavy atom. The van der Waals surface area contributed by atoms with Crippen LogP contribution >= 0.6 is 0 Å². The maximum absolute atomic E-state index is 12.7. The van der Waals surface area contributed by atoms with E-state index in [2.05, 4.69) is 0 Å². The van der Waals surface area contributed by atoms with E-state index >= 15 is 0 Å². The lowest BCUT2D eigenvalue weighted by Gasteiger charge is -2.13. The van der Waals surface area contributed by atoms with Crippen LogP contribution in [0.1, 0.15) is 11.1 Å². The van der Waals surface area contributed by atoms with Gasteiger partial charge in [-0.1, -0.05) is 18.2 Å². The summed E-state index contributed by atoms with van der Waals surface area (Å²) >= 11 is 0. The second kappa shape index (κ2) is 4.89. The number of benzene rings is 1. The van der Waals surface area contributed by atoms with Gasteiger partial charge >= 0.3 is 6.18 Å². The minimum Gasteiger partial charge on any atom is -0.326 e. The maximum Gasteiger partial charge on any atom is 0.417 e. The van der Waals surface area contributed by atoms with Crippen molar-refractivity contribution in [3.63, 3.8) is 0 Å². The predicted molar refractivity (Wildman–Crippen MR) is 64.9 cm³/mol. The predicted octanol–water partition coefficient (Wildman–Crippen LogP) is 2.32. The monoisotopic (exact) mass is 268 g/mol. The van der Waals surface area contributed by atoms with E-state index in [1.807, 2.05) is 0 Å². The largest absolute Gasteiger partial charge is 0.417 e. The van der Waals surface area contributed by atoms with Gasteiger partial charge in [0, 0.05) is 18.8 Å². The Kier molecular flexibility index (Phi) is 3.44. The van der Waals surface area contributed by atoms with E-state index in [4.69, 9.17) is 5.73 Å². The molecule has 0 unspecified atom stereocenters. The van der Waals surface area contributed by atoms with Gasteiger partial charge in [0.2, 0.25) is 0 Å². The summed E-state index contributed by atoms with van der Waals surface area (Å²) in [5.41, 5.74) is 5.08. The van der Waals surface area contributed by atoms with Gasteiger partial charge < -0.3 is 5.73 Å². The molecular formula is C13H11F3N2O. The van der Waals surface area contributed by atoms with Crippen LogP contribution in [0.25, 0.3) is 5.69 Å². The average molecular weight is 268 g/mol. The Balaban J connectivity index is 2.65. The Labute approximate surface area is 107 Å². The lowest BCUT2D eigenvalue weighted by Crippen LogP contribution is -2.21. The summed E-state index contributed by atoms with van der Waals surface area (Å²) in [6.07, 6.45) is -3.70. The van der Waals surface area contributed by atoms with Crippen LogP contribution in [0.4, 0.5) is 13.2 Å². The zero-order valence-corrected chi connectivity index (χ0v) is 9.82. The lowest BCUT2D eigenvalue weighted by molar-refractivity contribution is -0.138. The normalized spacial score (nSPS) is 11.6. The molecule has 0 aliphatic heterocycles. The number of rotatable bonds is 2. The summed E-state index contributed by atoms with van der Waals surface area (Å²) in [4.78, 5) is 11.7. The van der Waals surface area contributed by atoms with Crippen LogP contribution in [0.5, 0.6) is 0 Å². The standard InChI is InChI=1S/C13H11F3N2O/c14-13(15,16)10-5-6-12(19)18(8-10)11-4-2-1-3-9(11)7-17/h1-6,8H,7,17H2. The number of aromatic nitrogens is 1. The highest BCUT2D eigenvalue weighted by Gasteiger charge is 2.31. The summed E-state index contributed by atoms with van der Waals surface area (Å²) in [5.74, 6) is 0. The first-order valence-electron chi connectivity index (χ1n) is 5.51. The molecule has 0 spiro atoms. The van der Waals surface area contributed by atoms with Gasteiger partial charge in [0.25, 0.3) is 5.56 Å². The number of pyridine rings is 1. The fraction of sp³-hybridized carbons (Fsp3) is 0.154. The Bertz CT molecular complexity index is 647. The van der Waals surface area contributed by atoms with Crippen LogP contribution in [-0.4, -0.2) is 4.57 Å². The second-order valence-electron chi connectivity index (χ2n) is 3.96. The van der Waals surface area contributed by atoms with Gasteiger partial charge in [0.05, 0.1) is 11.3 Å². The first kappa shape index (κ1) is 13.4. The summed E-state index contributed by atoms with van der Waals surface area (Å²) in [7, 11) is 0. The van der Waals surface area contributed by atoms with Gasteiger partial charge in [-0.15, -0.1) is 0 Å². The molecule has 1 aromatic carbocycles. The summed E-state index contributed by atoms with van der Waals surface area (Å²) < 4.78 is 38.9. The third-order valence-corrected chi connectivity index (χ3v) is 2.71. The van der Waals surface area contributed by atoms with Crippen molar-refractivity contribution in [3.8, 4) is 5.69 Å². The smallest absolute Gasteiger partial charge is 0.326 e. The number of hydrogen-bond acceptors (Lipinski definition) is 2. The molecule has 1 aromatic heterocycles. The van der Waals surface area contributed by atoms with Crippen molar-refractivity contribution >= 4 is 0 Å². The fourth-order valence-electron chi connectivity index (χ4n) is 1.76. The molecule has 0 aliphatic carbocycles. The molecule has 19 heavy (non-hydrogen) atoms. The molecule has 0 bridgehead atoms. The Morgan fingerprint density at radius 1 is 1.11 bits per heavy atom. The molecule has 0 fully saturated rings. The number of nitrogens with zero attached hydrogens (tertiary/aromatic N) is 1. The Hall–Kier alpha value is -2.08. The van der Waals surface area contributed by atoms with Gasteiger partial charge in [-0.25, -0.2) is 0 Å². The van der Waals surface area contributed by atoms with Crippen molar-refractivity contribution in [2.75, 3.05) is 0 Å². The van der Waals surface area contributed by atoms with Gasteiger partial charge in [-0.2, -0.15) is 13.2 Å². The Morgan fingerprint density at radius 2 is 1.79 bits per heavy atom. The maximum atomic E-state index is 12.7. The summed E-state index contributed by atoms with van der Waals surface area (Å²) in [6.45, 7) is 0.138. The molecule has 0 aliphatic rings. The number of alkyl halides is 3.